The van der Waals surface area contributed by atoms with Crippen LogP contribution in [0.25, 0.3) is 0 Å². The van der Waals surface area contributed by atoms with Crippen LogP contribution in [0.3, 0.4) is 0 Å². The SMILES string of the molecule is CC1=CCC/C=C\C(C)N=CC(=S)N1. The van der Waals surface area contributed by atoms with Crippen molar-refractivity contribution in [1.82, 2.24) is 5.32 Å². The molecule has 0 saturated carbocycles. The molecule has 1 unspecified atom stereocenters. The first-order valence-corrected chi connectivity index (χ1v) is 5.27. The summed E-state index contributed by atoms with van der Waals surface area (Å²) in [6.45, 7) is 4.07. The molecule has 1 aliphatic heterocycles. The molecular weight excluding hydrogens is 192 g/mol. The van der Waals surface area contributed by atoms with Gasteiger partial charge in [-0.3, -0.25) is 4.99 Å². The second-order valence-electron chi connectivity index (χ2n) is 3.40. The summed E-state index contributed by atoms with van der Waals surface area (Å²) < 4.78 is 0. The fraction of sp³-hybridized carbons (Fsp3) is 0.455. The number of thiocarbonyl (C=S) groups is 1. The van der Waals surface area contributed by atoms with Crippen LogP contribution in [0.2, 0.25) is 0 Å². The Labute approximate surface area is 90.8 Å². The minimum atomic E-state index is 0.216. The lowest BCUT2D eigenvalue weighted by molar-refractivity contribution is 0.918. The second-order valence-corrected chi connectivity index (χ2v) is 3.84. The largest absolute Gasteiger partial charge is 0.349 e. The number of aliphatic imine (C=N–C) groups is 1. The Hall–Kier alpha value is -0.960. The van der Waals surface area contributed by atoms with Crippen LogP contribution in [0.15, 0.2) is 28.9 Å². The fourth-order valence-corrected chi connectivity index (χ4v) is 1.42. The maximum Gasteiger partial charge on any atom is 0.121 e. The molecule has 14 heavy (non-hydrogen) atoms. The van der Waals surface area contributed by atoms with E-state index < -0.39 is 0 Å². The van der Waals surface area contributed by atoms with E-state index in [1.807, 2.05) is 13.8 Å². The van der Waals surface area contributed by atoms with Gasteiger partial charge in [-0.05, 0) is 26.7 Å². The molecule has 0 saturated heterocycles. The number of nitrogens with one attached hydrogen (secondary N) is 1. The Morgan fingerprint density at radius 3 is 3.07 bits per heavy atom. The van der Waals surface area contributed by atoms with Crippen molar-refractivity contribution in [2.24, 2.45) is 4.99 Å². The first-order chi connectivity index (χ1) is 6.68. The van der Waals surface area contributed by atoms with Gasteiger partial charge >= 0.3 is 0 Å². The average molecular weight is 208 g/mol. The van der Waals surface area contributed by atoms with E-state index in [9.17, 15) is 0 Å². The third kappa shape index (κ3) is 4.33. The molecule has 1 N–H and O–H groups in total. The number of allylic oxidation sites excluding steroid dienone is 3. The standard InChI is InChI=1S/C11H16N2S/c1-9-6-4-3-5-7-10(2)13-11(14)8-12-9/h4,6-9H,3,5H2,1-2H3,(H,13,14)/b6-4-,10-7?,12-8?. The predicted octanol–water partition coefficient (Wildman–Crippen LogP) is 2.62. The topological polar surface area (TPSA) is 24.4 Å². The Morgan fingerprint density at radius 1 is 1.50 bits per heavy atom. The van der Waals surface area contributed by atoms with Gasteiger partial charge in [-0.2, -0.15) is 0 Å². The van der Waals surface area contributed by atoms with E-state index in [0.717, 1.165) is 18.5 Å². The maximum absolute atomic E-state index is 5.11. The van der Waals surface area contributed by atoms with Crippen LogP contribution in [0, 0.1) is 0 Å². The highest BCUT2D eigenvalue weighted by Crippen LogP contribution is 2.01. The van der Waals surface area contributed by atoms with E-state index in [1.54, 1.807) is 6.21 Å². The smallest absolute Gasteiger partial charge is 0.121 e. The van der Waals surface area contributed by atoms with Gasteiger partial charge < -0.3 is 5.32 Å². The summed E-state index contributed by atoms with van der Waals surface area (Å²) in [6.07, 6.45) is 10.2. The van der Waals surface area contributed by atoms with Crippen LogP contribution in [0.1, 0.15) is 26.7 Å². The van der Waals surface area contributed by atoms with Gasteiger partial charge in [-0.1, -0.05) is 30.4 Å². The summed E-state index contributed by atoms with van der Waals surface area (Å²) in [5, 5.41) is 3.11. The first-order valence-electron chi connectivity index (χ1n) is 4.86. The normalized spacial score (nSPS) is 26.0. The molecule has 0 bridgehead atoms. The predicted molar refractivity (Wildman–Crippen MR) is 65.8 cm³/mol. The fourth-order valence-electron chi connectivity index (χ4n) is 1.20. The second kappa shape index (κ2) is 5.70. The van der Waals surface area contributed by atoms with Crippen molar-refractivity contribution in [1.29, 1.82) is 0 Å². The number of nitrogens with zero attached hydrogens (tertiary/aromatic N) is 1. The molecule has 1 aliphatic rings. The molecular formula is C11H16N2S. The van der Waals surface area contributed by atoms with E-state index >= 15 is 0 Å². The Balaban J connectivity index is 2.71. The highest BCUT2D eigenvalue weighted by atomic mass is 32.1. The van der Waals surface area contributed by atoms with Crippen LogP contribution in [-0.2, 0) is 0 Å². The summed E-state index contributed by atoms with van der Waals surface area (Å²) >= 11 is 5.11. The van der Waals surface area contributed by atoms with Crippen molar-refractivity contribution < 1.29 is 0 Å². The minimum Gasteiger partial charge on any atom is -0.349 e. The molecule has 0 aromatic rings. The van der Waals surface area contributed by atoms with Crippen LogP contribution >= 0.6 is 12.2 Å². The molecule has 0 spiro atoms. The summed E-state index contributed by atoms with van der Waals surface area (Å²) in [5.41, 5.74) is 1.10. The molecule has 0 aliphatic carbocycles. The molecule has 0 radical (unpaired) electrons. The Kier molecular flexibility index (Phi) is 4.53. The lowest BCUT2D eigenvalue weighted by atomic mass is 10.2. The van der Waals surface area contributed by atoms with E-state index in [4.69, 9.17) is 12.2 Å². The van der Waals surface area contributed by atoms with E-state index in [-0.39, 0.29) is 6.04 Å². The Bertz CT molecular complexity index is 290. The lowest BCUT2D eigenvalue weighted by Crippen LogP contribution is -2.20. The van der Waals surface area contributed by atoms with Crippen molar-refractivity contribution in [2.45, 2.75) is 32.7 Å². The average Bonchev–Trinajstić information content (AvgIpc) is 2.15. The molecule has 2 nitrogen and oxygen atoms in total. The summed E-state index contributed by atoms with van der Waals surface area (Å²) in [6, 6.07) is 0.216. The summed E-state index contributed by atoms with van der Waals surface area (Å²) in [7, 11) is 0. The van der Waals surface area contributed by atoms with Crippen molar-refractivity contribution in [3.05, 3.63) is 23.9 Å². The van der Waals surface area contributed by atoms with Crippen molar-refractivity contribution in [3.8, 4) is 0 Å². The highest BCUT2D eigenvalue weighted by molar-refractivity contribution is 7.81. The first kappa shape index (κ1) is 11.1. The van der Waals surface area contributed by atoms with Crippen molar-refractivity contribution in [3.63, 3.8) is 0 Å². The molecule has 76 valence electrons. The van der Waals surface area contributed by atoms with E-state index in [0.29, 0.717) is 4.99 Å². The van der Waals surface area contributed by atoms with Gasteiger partial charge in [0.25, 0.3) is 0 Å². The summed E-state index contributed by atoms with van der Waals surface area (Å²) in [5.74, 6) is 0. The summed E-state index contributed by atoms with van der Waals surface area (Å²) in [4.78, 5) is 4.98. The highest BCUT2D eigenvalue weighted by Gasteiger charge is 1.96. The number of hydrogen-bond acceptors (Lipinski definition) is 2. The molecule has 1 atom stereocenters. The van der Waals surface area contributed by atoms with Gasteiger partial charge in [0, 0.05) is 5.70 Å². The molecule has 1 rings (SSSR count). The molecule has 1 heterocycles. The number of rotatable bonds is 0. The van der Waals surface area contributed by atoms with Gasteiger partial charge in [0.15, 0.2) is 0 Å². The third-order valence-electron chi connectivity index (χ3n) is 1.95. The van der Waals surface area contributed by atoms with Crippen LogP contribution in [0.4, 0.5) is 0 Å². The van der Waals surface area contributed by atoms with Gasteiger partial charge in [-0.25, -0.2) is 0 Å². The van der Waals surface area contributed by atoms with Crippen molar-refractivity contribution >= 4 is 23.4 Å². The minimum absolute atomic E-state index is 0.216. The van der Waals surface area contributed by atoms with E-state index in [2.05, 4.69) is 28.5 Å². The van der Waals surface area contributed by atoms with Crippen LogP contribution in [0.5, 0.6) is 0 Å². The maximum atomic E-state index is 5.11. The monoisotopic (exact) mass is 208 g/mol. The van der Waals surface area contributed by atoms with Gasteiger partial charge in [0.1, 0.15) is 4.99 Å². The molecule has 3 heteroatoms. The Morgan fingerprint density at radius 2 is 2.29 bits per heavy atom. The lowest BCUT2D eigenvalue weighted by Gasteiger charge is -2.03. The third-order valence-corrected chi connectivity index (χ3v) is 2.15. The van der Waals surface area contributed by atoms with E-state index in [1.165, 1.54) is 0 Å². The zero-order valence-corrected chi connectivity index (χ0v) is 9.47. The van der Waals surface area contributed by atoms with Gasteiger partial charge in [-0.15, -0.1) is 0 Å². The molecule has 0 amide bonds. The zero-order valence-electron chi connectivity index (χ0n) is 8.66. The van der Waals surface area contributed by atoms with Crippen LogP contribution < -0.4 is 5.32 Å². The molecule has 0 aromatic heterocycles. The van der Waals surface area contributed by atoms with Gasteiger partial charge in [0.05, 0.1) is 12.3 Å². The van der Waals surface area contributed by atoms with Crippen LogP contribution in [-0.4, -0.2) is 17.2 Å². The number of hydrogen-bond donors (Lipinski definition) is 1. The zero-order chi connectivity index (χ0) is 10.4. The quantitative estimate of drug-likeness (QED) is 0.489. The van der Waals surface area contributed by atoms with Gasteiger partial charge in [0.2, 0.25) is 0 Å². The molecule has 0 fully saturated rings. The van der Waals surface area contributed by atoms with Crippen molar-refractivity contribution in [2.75, 3.05) is 0 Å². The molecule has 0 aromatic carbocycles.